The lowest BCUT2D eigenvalue weighted by atomic mass is 10.4. The van der Waals surface area contributed by atoms with Crippen molar-refractivity contribution in [3.63, 3.8) is 0 Å². The van der Waals surface area contributed by atoms with Crippen LogP contribution < -0.4 is 0 Å². The van der Waals surface area contributed by atoms with E-state index in [1.165, 1.54) is 0 Å². The summed E-state index contributed by atoms with van der Waals surface area (Å²) in [5.41, 5.74) is 0. The van der Waals surface area contributed by atoms with Crippen LogP contribution in [-0.2, 0) is 4.84 Å². The molecule has 0 bridgehead atoms. The second kappa shape index (κ2) is 6.54. The Morgan fingerprint density at radius 1 is 1.09 bits per heavy atom. The lowest BCUT2D eigenvalue weighted by molar-refractivity contribution is -0.749. The maximum absolute atomic E-state index is 8.95. The molecule has 0 spiro atoms. The van der Waals surface area contributed by atoms with E-state index < -0.39 is 5.09 Å². The first-order valence-corrected chi connectivity index (χ1v) is 2.96. The van der Waals surface area contributed by atoms with Crippen molar-refractivity contribution < 1.29 is 9.92 Å². The van der Waals surface area contributed by atoms with E-state index >= 15 is 0 Å². The third kappa shape index (κ3) is 8.42. The monoisotopic (exact) mass is 155 g/mol. The van der Waals surface area contributed by atoms with E-state index in [2.05, 4.69) is 4.84 Å². The van der Waals surface area contributed by atoms with Crippen molar-refractivity contribution in [3.8, 4) is 0 Å². The quantitative estimate of drug-likeness (QED) is 0.456. The first-order valence-electron chi connectivity index (χ1n) is 2.96. The maximum atomic E-state index is 8.95. The molecule has 60 valence electrons. The fourth-order valence-corrected chi connectivity index (χ4v) is 0.385. The normalized spacial score (nSPS) is 7.36. The topological polar surface area (TPSA) is 52.4 Å². The van der Waals surface area contributed by atoms with Crippen molar-refractivity contribution in [3.05, 3.63) is 46.5 Å². The SMILES string of the molecule is CO[N+](=O)[O-].c1ccccc1. The Morgan fingerprint density at radius 3 is 1.36 bits per heavy atom. The number of nitrogens with zero attached hydrogens (tertiary/aromatic N) is 1. The van der Waals surface area contributed by atoms with Crippen LogP contribution in [0.4, 0.5) is 0 Å². The van der Waals surface area contributed by atoms with Gasteiger partial charge < -0.3 is 4.84 Å². The highest BCUT2D eigenvalue weighted by Gasteiger charge is 1.77. The molecule has 0 radical (unpaired) electrons. The van der Waals surface area contributed by atoms with E-state index in [1.54, 1.807) is 0 Å². The Bertz CT molecular complexity index is 161. The van der Waals surface area contributed by atoms with Gasteiger partial charge in [0, 0.05) is 0 Å². The van der Waals surface area contributed by atoms with E-state index in [-0.39, 0.29) is 0 Å². The van der Waals surface area contributed by atoms with E-state index in [9.17, 15) is 0 Å². The van der Waals surface area contributed by atoms with Gasteiger partial charge in [-0.1, -0.05) is 36.4 Å². The first kappa shape index (κ1) is 9.42. The third-order valence-corrected chi connectivity index (χ3v) is 0.816. The smallest absolute Gasteiger partial charge is 0.294 e. The van der Waals surface area contributed by atoms with Crippen molar-refractivity contribution in [2.24, 2.45) is 0 Å². The molecular formula is C7H9NO3. The molecule has 0 aromatic heterocycles. The van der Waals surface area contributed by atoms with Crippen LogP contribution in [0.3, 0.4) is 0 Å². The highest BCUT2D eigenvalue weighted by molar-refractivity contribution is 4.99. The number of benzene rings is 1. The second-order valence-corrected chi connectivity index (χ2v) is 1.56. The minimum absolute atomic E-state index is 0.875. The molecule has 0 aliphatic carbocycles. The summed E-state index contributed by atoms with van der Waals surface area (Å²) in [6.07, 6.45) is 0. The summed E-state index contributed by atoms with van der Waals surface area (Å²) in [4.78, 5) is 12.4. The molecule has 0 heterocycles. The molecule has 0 saturated heterocycles. The number of hydrogen-bond acceptors (Lipinski definition) is 3. The summed E-state index contributed by atoms with van der Waals surface area (Å²) in [5.74, 6) is 0. The number of hydrogen-bond donors (Lipinski definition) is 0. The molecule has 11 heavy (non-hydrogen) atoms. The molecule has 0 fully saturated rings. The van der Waals surface area contributed by atoms with Crippen LogP contribution in [0.1, 0.15) is 0 Å². The van der Waals surface area contributed by atoms with Gasteiger partial charge in [0.15, 0.2) is 0 Å². The van der Waals surface area contributed by atoms with E-state index in [4.69, 9.17) is 10.1 Å². The minimum Gasteiger partial charge on any atom is -0.317 e. The third-order valence-electron chi connectivity index (χ3n) is 0.816. The standard InChI is InChI=1S/C6H6.CH3NO3/c1-2-4-6-5-3-1;1-5-2(3)4/h1-6H;1H3. The first-order chi connectivity index (χ1) is 5.27. The second-order valence-electron chi connectivity index (χ2n) is 1.56. The molecule has 0 N–H and O–H groups in total. The number of rotatable bonds is 1. The van der Waals surface area contributed by atoms with Gasteiger partial charge in [0.2, 0.25) is 0 Å². The zero-order valence-corrected chi connectivity index (χ0v) is 6.14. The van der Waals surface area contributed by atoms with Gasteiger partial charge in [-0.15, -0.1) is 10.1 Å². The summed E-state index contributed by atoms with van der Waals surface area (Å²) < 4.78 is 0. The Hall–Kier alpha value is -1.58. The molecule has 4 nitrogen and oxygen atoms in total. The van der Waals surface area contributed by atoms with Crippen molar-refractivity contribution in [1.82, 2.24) is 0 Å². The highest BCUT2D eigenvalue weighted by atomic mass is 16.9. The summed E-state index contributed by atoms with van der Waals surface area (Å²) in [6.45, 7) is 0. The zero-order chi connectivity index (χ0) is 8.53. The Kier molecular flexibility index (Phi) is 5.60. The van der Waals surface area contributed by atoms with Crippen LogP contribution >= 0.6 is 0 Å². The van der Waals surface area contributed by atoms with Crippen LogP contribution in [0, 0.1) is 10.1 Å². The van der Waals surface area contributed by atoms with Crippen molar-refractivity contribution >= 4 is 0 Å². The summed E-state index contributed by atoms with van der Waals surface area (Å²) in [6, 6.07) is 12.0. The molecule has 1 aromatic carbocycles. The molecule has 0 aliphatic rings. The average molecular weight is 155 g/mol. The van der Waals surface area contributed by atoms with Gasteiger partial charge in [-0.05, 0) is 0 Å². The Labute approximate surface area is 64.5 Å². The van der Waals surface area contributed by atoms with Crippen LogP contribution in [0.2, 0.25) is 0 Å². The average Bonchev–Trinajstić information content (AvgIpc) is 2.09. The van der Waals surface area contributed by atoms with Gasteiger partial charge in [-0.2, -0.15) is 0 Å². The predicted octanol–water partition coefficient (Wildman–Crippen LogP) is 1.51. The highest BCUT2D eigenvalue weighted by Crippen LogP contribution is 1.79. The fraction of sp³-hybridized carbons (Fsp3) is 0.143. The molecule has 0 aliphatic heterocycles. The molecule has 4 heteroatoms. The lowest BCUT2D eigenvalue weighted by Crippen LogP contribution is -1.91. The molecule has 0 atom stereocenters. The summed E-state index contributed by atoms with van der Waals surface area (Å²) >= 11 is 0. The van der Waals surface area contributed by atoms with Crippen molar-refractivity contribution in [1.29, 1.82) is 0 Å². The van der Waals surface area contributed by atoms with E-state index in [0.717, 1.165) is 7.11 Å². The maximum Gasteiger partial charge on any atom is 0.294 e. The Balaban J connectivity index is 0.000000187. The van der Waals surface area contributed by atoms with Crippen molar-refractivity contribution in [2.75, 3.05) is 7.11 Å². The van der Waals surface area contributed by atoms with Gasteiger partial charge in [-0.3, -0.25) is 0 Å². The predicted molar refractivity (Wildman–Crippen MR) is 40.4 cm³/mol. The molecule has 1 aromatic rings. The van der Waals surface area contributed by atoms with Crippen LogP contribution in [0.25, 0.3) is 0 Å². The molecule has 1 rings (SSSR count). The van der Waals surface area contributed by atoms with Gasteiger partial charge >= 0.3 is 0 Å². The van der Waals surface area contributed by atoms with Crippen LogP contribution in [0.5, 0.6) is 0 Å². The summed E-state index contributed by atoms with van der Waals surface area (Å²) in [5, 5.41) is 8.08. The van der Waals surface area contributed by atoms with Crippen LogP contribution in [-0.4, -0.2) is 12.2 Å². The van der Waals surface area contributed by atoms with Gasteiger partial charge in [0.1, 0.15) is 0 Å². The van der Waals surface area contributed by atoms with Gasteiger partial charge in [0.25, 0.3) is 5.09 Å². The van der Waals surface area contributed by atoms with Gasteiger partial charge in [0.05, 0.1) is 7.11 Å². The van der Waals surface area contributed by atoms with Crippen molar-refractivity contribution in [2.45, 2.75) is 0 Å². The van der Waals surface area contributed by atoms with E-state index in [0.29, 0.717) is 0 Å². The summed E-state index contributed by atoms with van der Waals surface area (Å²) in [7, 11) is 1.00. The lowest BCUT2D eigenvalue weighted by Gasteiger charge is -1.75. The molecule has 0 saturated carbocycles. The Morgan fingerprint density at radius 2 is 1.27 bits per heavy atom. The van der Waals surface area contributed by atoms with Crippen LogP contribution in [0.15, 0.2) is 36.4 Å². The minimum atomic E-state index is -0.875. The fourth-order valence-electron chi connectivity index (χ4n) is 0.385. The molecule has 0 unspecified atom stereocenters. The van der Waals surface area contributed by atoms with E-state index in [1.807, 2.05) is 36.4 Å². The van der Waals surface area contributed by atoms with Gasteiger partial charge in [-0.25, -0.2) is 0 Å². The molecular weight excluding hydrogens is 146 g/mol. The largest absolute Gasteiger partial charge is 0.317 e. The zero-order valence-electron chi connectivity index (χ0n) is 6.14. The molecule has 0 amide bonds.